The average molecular weight is 334 g/mol. The molecule has 0 amide bonds. The molecule has 0 fully saturated rings. The summed E-state index contributed by atoms with van der Waals surface area (Å²) in [6.45, 7) is 2.01. The molecule has 6 heteroatoms. The Morgan fingerprint density at radius 3 is 2.44 bits per heavy atom. The van der Waals surface area contributed by atoms with E-state index in [2.05, 4.69) is 4.98 Å². The van der Waals surface area contributed by atoms with E-state index in [9.17, 15) is 14.9 Å². The van der Waals surface area contributed by atoms with Gasteiger partial charge in [0.1, 0.15) is 12.0 Å². The third-order valence-electron chi connectivity index (χ3n) is 3.63. The summed E-state index contributed by atoms with van der Waals surface area (Å²) >= 11 is 0. The number of ether oxygens (including phenoxy) is 1. The van der Waals surface area contributed by atoms with Crippen LogP contribution >= 0.6 is 0 Å². The van der Waals surface area contributed by atoms with Gasteiger partial charge in [-0.3, -0.25) is 19.9 Å². The molecule has 0 bridgehead atoms. The van der Waals surface area contributed by atoms with Crippen molar-refractivity contribution >= 4 is 12.0 Å². The second-order valence-corrected chi connectivity index (χ2v) is 5.45. The minimum atomic E-state index is -0.558. The van der Waals surface area contributed by atoms with Crippen molar-refractivity contribution < 1.29 is 14.5 Å². The number of carbonyl (C=O) groups excluding carboxylic acids is 1. The first-order valence-electron chi connectivity index (χ1n) is 7.51. The molecule has 0 spiro atoms. The van der Waals surface area contributed by atoms with Gasteiger partial charge >= 0.3 is 5.69 Å². The van der Waals surface area contributed by atoms with Gasteiger partial charge in [-0.2, -0.15) is 0 Å². The van der Waals surface area contributed by atoms with Gasteiger partial charge in [-0.25, -0.2) is 0 Å². The highest BCUT2D eigenvalue weighted by Gasteiger charge is 2.16. The molecular weight excluding hydrogens is 320 g/mol. The van der Waals surface area contributed by atoms with E-state index in [-0.39, 0.29) is 11.4 Å². The van der Waals surface area contributed by atoms with E-state index in [0.717, 1.165) is 16.8 Å². The van der Waals surface area contributed by atoms with Crippen molar-refractivity contribution in [2.45, 2.75) is 6.92 Å². The number of rotatable bonds is 5. The first-order chi connectivity index (χ1) is 12.1. The highest BCUT2D eigenvalue weighted by atomic mass is 16.6. The van der Waals surface area contributed by atoms with E-state index in [1.807, 2.05) is 31.2 Å². The van der Waals surface area contributed by atoms with Crippen LogP contribution in [0.5, 0.6) is 11.5 Å². The lowest BCUT2D eigenvalue weighted by Crippen LogP contribution is -1.95. The van der Waals surface area contributed by atoms with Gasteiger partial charge < -0.3 is 4.74 Å². The molecule has 2 aromatic carbocycles. The Kier molecular flexibility index (Phi) is 4.52. The van der Waals surface area contributed by atoms with Gasteiger partial charge in [-0.15, -0.1) is 0 Å². The van der Waals surface area contributed by atoms with Crippen molar-refractivity contribution in [3.8, 4) is 22.8 Å². The Balaban J connectivity index is 1.87. The number of aldehydes is 1. The molecule has 0 saturated carbocycles. The van der Waals surface area contributed by atoms with Gasteiger partial charge in [-0.1, -0.05) is 29.8 Å². The van der Waals surface area contributed by atoms with E-state index in [1.165, 1.54) is 24.4 Å². The highest BCUT2D eigenvalue weighted by molar-refractivity contribution is 5.77. The van der Waals surface area contributed by atoms with E-state index < -0.39 is 4.92 Å². The van der Waals surface area contributed by atoms with Crippen LogP contribution < -0.4 is 4.74 Å². The van der Waals surface area contributed by atoms with Crippen LogP contribution in [0.25, 0.3) is 11.3 Å². The zero-order valence-corrected chi connectivity index (χ0v) is 13.4. The molecule has 3 rings (SSSR count). The Hall–Kier alpha value is -3.54. The molecule has 0 N–H and O–H groups in total. The molecular formula is C19H14N2O4. The zero-order valence-electron chi connectivity index (χ0n) is 13.4. The van der Waals surface area contributed by atoms with Crippen molar-refractivity contribution in [1.29, 1.82) is 0 Å². The predicted octanol–water partition coefficient (Wildman–Crippen LogP) is 4.57. The van der Waals surface area contributed by atoms with Crippen molar-refractivity contribution in [2.24, 2.45) is 0 Å². The van der Waals surface area contributed by atoms with Crippen LogP contribution in [0.4, 0.5) is 5.69 Å². The Morgan fingerprint density at radius 2 is 1.84 bits per heavy atom. The number of benzene rings is 2. The average Bonchev–Trinajstić information content (AvgIpc) is 2.63. The first-order valence-corrected chi connectivity index (χ1v) is 7.51. The van der Waals surface area contributed by atoms with Crippen LogP contribution in [0.2, 0.25) is 0 Å². The highest BCUT2D eigenvalue weighted by Crippen LogP contribution is 2.32. The molecule has 0 aliphatic carbocycles. The lowest BCUT2D eigenvalue weighted by atomic mass is 10.1. The summed E-state index contributed by atoms with van der Waals surface area (Å²) in [5.74, 6) is 0.349. The van der Waals surface area contributed by atoms with Crippen LogP contribution in [0.1, 0.15) is 15.9 Å². The number of pyridine rings is 1. The second kappa shape index (κ2) is 6.92. The number of hydrogen-bond acceptors (Lipinski definition) is 5. The SMILES string of the molecule is Cc1ccc(-c2ccc(Oc3cc(C=O)ccc3[N+](=O)[O-])cn2)cc1. The van der Waals surface area contributed by atoms with Crippen molar-refractivity contribution in [1.82, 2.24) is 4.98 Å². The van der Waals surface area contributed by atoms with E-state index in [1.54, 1.807) is 12.1 Å². The first kappa shape index (κ1) is 16.3. The monoisotopic (exact) mass is 334 g/mol. The third kappa shape index (κ3) is 3.69. The van der Waals surface area contributed by atoms with Gasteiger partial charge in [0.05, 0.1) is 16.8 Å². The molecule has 0 unspecified atom stereocenters. The predicted molar refractivity (Wildman–Crippen MR) is 93.0 cm³/mol. The summed E-state index contributed by atoms with van der Waals surface area (Å²) in [6, 6.07) is 15.3. The quantitative estimate of drug-likeness (QED) is 0.388. The van der Waals surface area contributed by atoms with E-state index >= 15 is 0 Å². The largest absolute Gasteiger partial charge is 0.448 e. The minimum Gasteiger partial charge on any atom is -0.448 e. The molecule has 1 aromatic heterocycles. The lowest BCUT2D eigenvalue weighted by molar-refractivity contribution is -0.385. The summed E-state index contributed by atoms with van der Waals surface area (Å²) in [5.41, 5.74) is 2.97. The van der Waals surface area contributed by atoms with Gasteiger partial charge in [-0.05, 0) is 31.2 Å². The summed E-state index contributed by atoms with van der Waals surface area (Å²) < 4.78 is 5.56. The smallest absolute Gasteiger partial charge is 0.311 e. The number of aromatic nitrogens is 1. The molecule has 25 heavy (non-hydrogen) atoms. The number of aryl methyl sites for hydroxylation is 1. The van der Waals surface area contributed by atoms with Crippen LogP contribution in [0.3, 0.4) is 0 Å². The third-order valence-corrected chi connectivity index (χ3v) is 3.63. The number of hydrogen-bond donors (Lipinski definition) is 0. The fourth-order valence-corrected chi connectivity index (χ4v) is 2.30. The summed E-state index contributed by atoms with van der Waals surface area (Å²) in [7, 11) is 0. The zero-order chi connectivity index (χ0) is 17.8. The molecule has 0 radical (unpaired) electrons. The summed E-state index contributed by atoms with van der Waals surface area (Å²) in [4.78, 5) is 25.7. The second-order valence-electron chi connectivity index (χ2n) is 5.45. The van der Waals surface area contributed by atoms with Crippen LogP contribution in [-0.2, 0) is 0 Å². The number of carbonyl (C=O) groups is 1. The van der Waals surface area contributed by atoms with Gasteiger partial charge in [0.15, 0.2) is 0 Å². The Morgan fingerprint density at radius 1 is 1.08 bits per heavy atom. The normalized spacial score (nSPS) is 10.3. The minimum absolute atomic E-state index is 0.000476. The maximum Gasteiger partial charge on any atom is 0.311 e. The maximum absolute atomic E-state index is 11.1. The van der Waals surface area contributed by atoms with Crippen molar-refractivity contribution in [3.63, 3.8) is 0 Å². The van der Waals surface area contributed by atoms with Gasteiger partial charge in [0.2, 0.25) is 5.75 Å². The lowest BCUT2D eigenvalue weighted by Gasteiger charge is -2.08. The molecule has 124 valence electrons. The fourth-order valence-electron chi connectivity index (χ4n) is 2.30. The molecule has 0 aliphatic heterocycles. The van der Waals surface area contributed by atoms with Crippen LogP contribution in [0.15, 0.2) is 60.8 Å². The summed E-state index contributed by atoms with van der Waals surface area (Å²) in [5, 5.41) is 11.1. The molecule has 1 heterocycles. The van der Waals surface area contributed by atoms with Crippen LogP contribution in [-0.4, -0.2) is 16.2 Å². The van der Waals surface area contributed by atoms with Crippen molar-refractivity contribution in [3.05, 3.63) is 82.0 Å². The summed E-state index contributed by atoms with van der Waals surface area (Å²) in [6.07, 6.45) is 2.10. The number of nitrogens with zero attached hydrogens (tertiary/aromatic N) is 2. The van der Waals surface area contributed by atoms with E-state index in [4.69, 9.17) is 4.74 Å². The van der Waals surface area contributed by atoms with Gasteiger partial charge in [0, 0.05) is 17.2 Å². The van der Waals surface area contributed by atoms with E-state index in [0.29, 0.717) is 17.6 Å². The Labute approximate surface area is 143 Å². The standard InChI is InChI=1S/C19H14N2O4/c1-13-2-5-15(6-3-13)17-8-7-16(11-20-17)25-19-10-14(12-22)4-9-18(19)21(23)24/h2-12H,1H3. The fraction of sp³-hybridized carbons (Fsp3) is 0.0526. The van der Waals surface area contributed by atoms with Gasteiger partial charge in [0.25, 0.3) is 0 Å². The van der Waals surface area contributed by atoms with Crippen molar-refractivity contribution in [2.75, 3.05) is 0 Å². The Bertz CT molecular complexity index is 919. The molecule has 3 aromatic rings. The molecule has 0 aliphatic rings. The topological polar surface area (TPSA) is 82.3 Å². The number of nitro benzene ring substituents is 1. The molecule has 0 atom stereocenters. The molecule has 0 saturated heterocycles. The van der Waals surface area contributed by atoms with Crippen LogP contribution in [0, 0.1) is 17.0 Å². The number of nitro groups is 1. The molecule has 6 nitrogen and oxygen atoms in total. The maximum atomic E-state index is 11.1.